The molecule has 3 atom stereocenters. The van der Waals surface area contributed by atoms with Crippen LogP contribution in [0.5, 0.6) is 0 Å². The first-order valence-corrected chi connectivity index (χ1v) is 7.54. The third-order valence-electron chi connectivity index (χ3n) is 4.05. The molecule has 0 spiro atoms. The topological polar surface area (TPSA) is 70.0 Å². The van der Waals surface area contributed by atoms with Crippen molar-refractivity contribution >= 4 is 6.09 Å². The average Bonchev–Trinajstić information content (AvgIpc) is 2.93. The predicted octanol–water partition coefficient (Wildman–Crippen LogP) is 1.94. The Morgan fingerprint density at radius 3 is 2.82 bits per heavy atom. The lowest BCUT2D eigenvalue weighted by Crippen LogP contribution is -2.45. The van der Waals surface area contributed by atoms with Crippen LogP contribution < -0.4 is 0 Å². The number of allylic oxidation sites excluding steroid dienone is 1. The number of hydrogen-bond donors (Lipinski definition) is 2. The summed E-state index contributed by atoms with van der Waals surface area (Å²) < 4.78 is 5.33. The number of benzene rings is 1. The minimum Gasteiger partial charge on any atom is -0.445 e. The fourth-order valence-electron chi connectivity index (χ4n) is 2.92. The number of rotatable bonds is 6. The van der Waals surface area contributed by atoms with Gasteiger partial charge in [0.15, 0.2) is 0 Å². The molecule has 5 nitrogen and oxygen atoms in total. The van der Waals surface area contributed by atoms with E-state index in [2.05, 4.69) is 6.58 Å². The monoisotopic (exact) mass is 305 g/mol. The van der Waals surface area contributed by atoms with Gasteiger partial charge in [-0.05, 0) is 18.4 Å². The number of aliphatic hydroxyl groups excluding tert-OH is 2. The van der Waals surface area contributed by atoms with E-state index in [-0.39, 0.29) is 19.1 Å². The van der Waals surface area contributed by atoms with E-state index in [1.807, 2.05) is 30.3 Å². The zero-order valence-electron chi connectivity index (χ0n) is 12.6. The third kappa shape index (κ3) is 3.87. The van der Waals surface area contributed by atoms with E-state index in [9.17, 15) is 15.0 Å². The maximum absolute atomic E-state index is 12.3. The van der Waals surface area contributed by atoms with Crippen molar-refractivity contribution in [2.75, 3.05) is 13.2 Å². The van der Waals surface area contributed by atoms with Crippen LogP contribution in [-0.2, 0) is 11.3 Å². The van der Waals surface area contributed by atoms with Crippen LogP contribution in [0.3, 0.4) is 0 Å². The Morgan fingerprint density at radius 2 is 2.18 bits per heavy atom. The van der Waals surface area contributed by atoms with E-state index >= 15 is 0 Å². The normalized spacial score (nSPS) is 22.4. The lowest BCUT2D eigenvalue weighted by Gasteiger charge is -2.31. The second-order valence-electron chi connectivity index (χ2n) is 5.55. The van der Waals surface area contributed by atoms with Gasteiger partial charge in [-0.3, -0.25) is 0 Å². The number of nitrogens with zero attached hydrogens (tertiary/aromatic N) is 1. The Hall–Kier alpha value is -1.85. The van der Waals surface area contributed by atoms with Gasteiger partial charge in [0.2, 0.25) is 0 Å². The zero-order valence-corrected chi connectivity index (χ0v) is 12.6. The molecule has 22 heavy (non-hydrogen) atoms. The second-order valence-corrected chi connectivity index (χ2v) is 5.55. The lowest BCUT2D eigenvalue weighted by atomic mass is 9.93. The Labute approximate surface area is 130 Å². The molecule has 1 heterocycles. The number of carbonyl (C=O) groups is 1. The van der Waals surface area contributed by atoms with Gasteiger partial charge in [0, 0.05) is 19.1 Å². The standard InChI is InChI=1S/C17H23NO4/c1-2-6-14(11-19)16-15(20)9-10-18(16)17(21)22-12-13-7-4-3-5-8-13/h2-5,7-8,14-16,19-20H,1,6,9-12H2/t14-,15+,16+/m0/s1. The van der Waals surface area contributed by atoms with Gasteiger partial charge >= 0.3 is 6.09 Å². The number of amides is 1. The van der Waals surface area contributed by atoms with Crippen molar-refractivity contribution < 1.29 is 19.7 Å². The molecule has 1 amide bonds. The third-order valence-corrected chi connectivity index (χ3v) is 4.05. The molecule has 0 aliphatic carbocycles. The van der Waals surface area contributed by atoms with Crippen molar-refractivity contribution in [2.45, 2.75) is 31.6 Å². The second kappa shape index (κ2) is 7.96. The summed E-state index contributed by atoms with van der Waals surface area (Å²) in [6.07, 6.45) is 1.65. The van der Waals surface area contributed by atoms with Gasteiger partial charge in [0.1, 0.15) is 6.61 Å². The molecule has 5 heteroatoms. The van der Waals surface area contributed by atoms with Gasteiger partial charge in [-0.1, -0.05) is 36.4 Å². The first-order valence-electron chi connectivity index (χ1n) is 7.54. The molecule has 0 unspecified atom stereocenters. The summed E-state index contributed by atoms with van der Waals surface area (Å²) in [6.45, 7) is 4.20. The van der Waals surface area contributed by atoms with Crippen LogP contribution in [0.25, 0.3) is 0 Å². The Morgan fingerprint density at radius 1 is 1.45 bits per heavy atom. The summed E-state index contributed by atoms with van der Waals surface area (Å²) in [7, 11) is 0. The summed E-state index contributed by atoms with van der Waals surface area (Å²) in [4.78, 5) is 13.8. The van der Waals surface area contributed by atoms with Crippen LogP contribution in [0.1, 0.15) is 18.4 Å². The Balaban J connectivity index is 1.99. The lowest BCUT2D eigenvalue weighted by molar-refractivity contribution is 0.0365. The molecule has 0 bridgehead atoms. The number of hydrogen-bond acceptors (Lipinski definition) is 4. The van der Waals surface area contributed by atoms with E-state index in [1.165, 1.54) is 4.90 Å². The highest BCUT2D eigenvalue weighted by atomic mass is 16.6. The summed E-state index contributed by atoms with van der Waals surface area (Å²) in [5, 5.41) is 19.6. The molecule has 0 saturated carbocycles. The maximum atomic E-state index is 12.3. The van der Waals surface area contributed by atoms with E-state index in [0.29, 0.717) is 19.4 Å². The molecule has 1 aliphatic rings. The predicted molar refractivity (Wildman–Crippen MR) is 83.1 cm³/mol. The first kappa shape index (κ1) is 16.5. The SMILES string of the molecule is C=CC[C@@H](CO)[C@@H]1[C@H](O)CCN1C(=O)OCc1ccccc1. The van der Waals surface area contributed by atoms with E-state index < -0.39 is 18.2 Å². The molecular weight excluding hydrogens is 282 g/mol. The summed E-state index contributed by atoms with van der Waals surface area (Å²) in [5.41, 5.74) is 0.914. The summed E-state index contributed by atoms with van der Waals surface area (Å²) in [5.74, 6) is -0.223. The van der Waals surface area contributed by atoms with Crippen LogP contribution in [0, 0.1) is 5.92 Å². The molecule has 2 rings (SSSR count). The highest BCUT2D eigenvalue weighted by Crippen LogP contribution is 2.27. The van der Waals surface area contributed by atoms with Crippen LogP contribution in [-0.4, -0.2) is 46.5 Å². The molecule has 0 aromatic heterocycles. The fourth-order valence-corrected chi connectivity index (χ4v) is 2.92. The van der Waals surface area contributed by atoms with Gasteiger partial charge in [-0.2, -0.15) is 0 Å². The number of aliphatic hydroxyl groups is 2. The van der Waals surface area contributed by atoms with Crippen LogP contribution >= 0.6 is 0 Å². The van der Waals surface area contributed by atoms with E-state index in [4.69, 9.17) is 4.74 Å². The Bertz CT molecular complexity index is 491. The van der Waals surface area contributed by atoms with Gasteiger partial charge < -0.3 is 19.8 Å². The molecule has 1 aliphatic heterocycles. The van der Waals surface area contributed by atoms with Gasteiger partial charge in [0.05, 0.1) is 12.1 Å². The molecular formula is C17H23NO4. The van der Waals surface area contributed by atoms with Crippen molar-refractivity contribution in [2.24, 2.45) is 5.92 Å². The molecule has 1 aromatic carbocycles. The average molecular weight is 305 g/mol. The molecule has 1 saturated heterocycles. The van der Waals surface area contributed by atoms with Crippen LogP contribution in [0.15, 0.2) is 43.0 Å². The largest absolute Gasteiger partial charge is 0.445 e. The molecule has 1 fully saturated rings. The molecule has 120 valence electrons. The van der Waals surface area contributed by atoms with Crippen LogP contribution in [0.2, 0.25) is 0 Å². The van der Waals surface area contributed by atoms with Crippen molar-refractivity contribution in [3.8, 4) is 0 Å². The fraction of sp³-hybridized carbons (Fsp3) is 0.471. The first-order chi connectivity index (χ1) is 10.7. The molecule has 1 aromatic rings. The Kier molecular flexibility index (Phi) is 5.98. The molecule has 2 N–H and O–H groups in total. The van der Waals surface area contributed by atoms with Crippen molar-refractivity contribution in [1.82, 2.24) is 4.90 Å². The van der Waals surface area contributed by atoms with E-state index in [0.717, 1.165) is 5.56 Å². The van der Waals surface area contributed by atoms with Crippen molar-refractivity contribution in [3.05, 3.63) is 48.6 Å². The molecule has 0 radical (unpaired) electrons. The minimum absolute atomic E-state index is 0.101. The van der Waals surface area contributed by atoms with E-state index in [1.54, 1.807) is 6.08 Å². The zero-order chi connectivity index (χ0) is 15.9. The van der Waals surface area contributed by atoms with Crippen molar-refractivity contribution in [3.63, 3.8) is 0 Å². The highest BCUT2D eigenvalue weighted by molar-refractivity contribution is 5.68. The summed E-state index contributed by atoms with van der Waals surface area (Å²) >= 11 is 0. The number of carbonyl (C=O) groups excluding carboxylic acids is 1. The van der Waals surface area contributed by atoms with Gasteiger partial charge in [-0.25, -0.2) is 4.79 Å². The quantitative estimate of drug-likeness (QED) is 0.788. The number of likely N-dealkylation sites (tertiary alicyclic amines) is 1. The van der Waals surface area contributed by atoms with Gasteiger partial charge in [-0.15, -0.1) is 6.58 Å². The summed E-state index contributed by atoms with van der Waals surface area (Å²) in [6, 6.07) is 9.02. The number of ether oxygens (including phenoxy) is 1. The van der Waals surface area contributed by atoms with Crippen LogP contribution in [0.4, 0.5) is 4.79 Å². The van der Waals surface area contributed by atoms with Crippen molar-refractivity contribution in [1.29, 1.82) is 0 Å². The minimum atomic E-state index is -0.638. The van der Waals surface area contributed by atoms with Gasteiger partial charge in [0.25, 0.3) is 0 Å². The maximum Gasteiger partial charge on any atom is 0.410 e. The highest BCUT2D eigenvalue weighted by Gasteiger charge is 2.41. The smallest absolute Gasteiger partial charge is 0.410 e.